The van der Waals surface area contributed by atoms with Crippen molar-refractivity contribution in [1.82, 2.24) is 14.5 Å². The Balaban J connectivity index is 1.76. The molecule has 1 N–H and O–H groups in total. The van der Waals surface area contributed by atoms with E-state index in [0.29, 0.717) is 28.5 Å². The van der Waals surface area contributed by atoms with Gasteiger partial charge in [0.25, 0.3) is 11.5 Å². The maximum absolute atomic E-state index is 13.4. The average molecular weight is 480 g/mol. The van der Waals surface area contributed by atoms with E-state index in [1.807, 2.05) is 12.1 Å². The predicted octanol–water partition coefficient (Wildman–Crippen LogP) is 4.73. The smallest absolute Gasteiger partial charge is 0.335 e. The van der Waals surface area contributed by atoms with E-state index in [4.69, 9.17) is 16.6 Å². The zero-order valence-electron chi connectivity index (χ0n) is 19.1. The summed E-state index contributed by atoms with van der Waals surface area (Å²) in [7, 11) is 1.68. The molecule has 7 nitrogen and oxygen atoms in total. The van der Waals surface area contributed by atoms with E-state index in [1.165, 1.54) is 16.7 Å². The Labute approximate surface area is 202 Å². The van der Waals surface area contributed by atoms with Crippen LogP contribution in [0.25, 0.3) is 11.4 Å². The minimum atomic E-state index is -1.09. The van der Waals surface area contributed by atoms with Gasteiger partial charge in [-0.25, -0.2) is 9.78 Å². The number of carbonyl (C=O) groups excluding carboxylic acids is 1. The summed E-state index contributed by atoms with van der Waals surface area (Å²) >= 11 is 6.03. The summed E-state index contributed by atoms with van der Waals surface area (Å²) in [5.74, 6) is -0.905. The number of nitrogens with zero attached hydrogens (tertiary/aromatic N) is 3. The predicted molar refractivity (Wildman–Crippen MR) is 130 cm³/mol. The fourth-order valence-corrected chi connectivity index (χ4v) is 4.54. The van der Waals surface area contributed by atoms with Crippen LogP contribution in [0, 0.1) is 0 Å². The monoisotopic (exact) mass is 479 g/mol. The Morgan fingerprint density at radius 2 is 1.85 bits per heavy atom. The van der Waals surface area contributed by atoms with Gasteiger partial charge in [0.05, 0.1) is 23.4 Å². The van der Waals surface area contributed by atoms with Crippen molar-refractivity contribution in [2.45, 2.75) is 38.6 Å². The van der Waals surface area contributed by atoms with E-state index in [-0.39, 0.29) is 29.5 Å². The van der Waals surface area contributed by atoms with Gasteiger partial charge in [-0.15, -0.1) is 0 Å². The second-order valence-electron chi connectivity index (χ2n) is 8.58. The molecule has 4 rings (SSSR count). The molecule has 1 aromatic heterocycles. The average Bonchev–Trinajstić information content (AvgIpc) is 2.85. The van der Waals surface area contributed by atoms with Gasteiger partial charge in [0, 0.05) is 35.7 Å². The number of carboxylic acid groups (broad SMARTS) is 1. The summed E-state index contributed by atoms with van der Waals surface area (Å²) in [6, 6.07) is 13.2. The van der Waals surface area contributed by atoms with Crippen molar-refractivity contribution in [3.05, 3.63) is 86.3 Å². The molecular weight excluding hydrogens is 454 g/mol. The van der Waals surface area contributed by atoms with Gasteiger partial charge in [0.15, 0.2) is 0 Å². The molecule has 0 spiro atoms. The molecule has 1 amide bonds. The van der Waals surface area contributed by atoms with E-state index < -0.39 is 5.97 Å². The molecule has 0 saturated heterocycles. The molecule has 0 aliphatic carbocycles. The van der Waals surface area contributed by atoms with Gasteiger partial charge in [0.1, 0.15) is 5.82 Å². The number of hydrogen-bond acceptors (Lipinski definition) is 4. The van der Waals surface area contributed by atoms with Crippen LogP contribution >= 0.6 is 11.6 Å². The van der Waals surface area contributed by atoms with E-state index in [9.17, 15) is 19.5 Å². The van der Waals surface area contributed by atoms with Crippen LogP contribution in [0.2, 0.25) is 5.02 Å². The largest absolute Gasteiger partial charge is 0.478 e. The van der Waals surface area contributed by atoms with Gasteiger partial charge in [-0.2, -0.15) is 0 Å². The quantitative estimate of drug-likeness (QED) is 0.551. The first-order chi connectivity index (χ1) is 16.3. The van der Waals surface area contributed by atoms with Crippen LogP contribution in [0.3, 0.4) is 0 Å². The maximum atomic E-state index is 13.4. The number of hydrogen-bond donors (Lipinski definition) is 1. The van der Waals surface area contributed by atoms with Gasteiger partial charge < -0.3 is 10.0 Å². The van der Waals surface area contributed by atoms with Gasteiger partial charge in [-0.05, 0) is 48.9 Å². The number of carbonyl (C=O) groups is 2. The molecule has 1 unspecified atom stereocenters. The third-order valence-electron chi connectivity index (χ3n) is 6.24. The first-order valence-electron chi connectivity index (χ1n) is 11.3. The Hall–Kier alpha value is -3.45. The summed E-state index contributed by atoms with van der Waals surface area (Å²) in [6.07, 6.45) is 2.71. The minimum Gasteiger partial charge on any atom is -0.478 e. The highest BCUT2D eigenvalue weighted by Crippen LogP contribution is 2.32. The lowest BCUT2D eigenvalue weighted by Crippen LogP contribution is -2.43. The van der Waals surface area contributed by atoms with Crippen molar-refractivity contribution in [3.8, 4) is 11.4 Å². The lowest BCUT2D eigenvalue weighted by Gasteiger charge is -2.34. The molecule has 0 radical (unpaired) electrons. The lowest BCUT2D eigenvalue weighted by atomic mass is 9.90. The number of benzene rings is 2. The Bertz CT molecular complexity index is 1300. The second kappa shape index (κ2) is 9.81. The molecule has 0 saturated carbocycles. The summed E-state index contributed by atoms with van der Waals surface area (Å²) in [5, 5.41) is 9.89. The van der Waals surface area contributed by atoms with Crippen LogP contribution in [0.4, 0.5) is 0 Å². The normalized spacial score (nSPS) is 15.1. The zero-order valence-corrected chi connectivity index (χ0v) is 19.9. The fraction of sp³-hybridized carbons (Fsp3) is 0.308. The molecule has 3 aromatic rings. The standard InChI is InChI=1S/C26H26ClN3O4/c1-3-4-6-19-14-30(24(31)17-7-5-8-18(13-17)26(33)34)15-21-22(19)28-23(29(2)25(21)32)16-9-11-20(27)12-10-16/h5,7-13,19H,3-4,6,14-15H2,1-2H3,(H,33,34). The number of amides is 1. The van der Waals surface area contributed by atoms with Crippen molar-refractivity contribution in [3.63, 3.8) is 0 Å². The van der Waals surface area contributed by atoms with Gasteiger partial charge in [-0.3, -0.25) is 14.2 Å². The third-order valence-corrected chi connectivity index (χ3v) is 6.50. The summed E-state index contributed by atoms with van der Waals surface area (Å²) < 4.78 is 1.51. The molecule has 1 aliphatic heterocycles. The summed E-state index contributed by atoms with van der Waals surface area (Å²) in [5.41, 5.74) is 2.20. The van der Waals surface area contributed by atoms with E-state index in [1.54, 1.807) is 36.2 Å². The van der Waals surface area contributed by atoms with Crippen molar-refractivity contribution in [2.75, 3.05) is 6.54 Å². The number of carboxylic acids is 1. The van der Waals surface area contributed by atoms with Gasteiger partial charge in [-0.1, -0.05) is 37.4 Å². The first-order valence-corrected chi connectivity index (χ1v) is 11.7. The second-order valence-corrected chi connectivity index (χ2v) is 9.02. The van der Waals surface area contributed by atoms with Crippen LogP contribution in [0.1, 0.15) is 64.1 Å². The van der Waals surface area contributed by atoms with Crippen LogP contribution in [-0.4, -0.2) is 38.0 Å². The fourth-order valence-electron chi connectivity index (χ4n) is 4.42. The molecule has 34 heavy (non-hydrogen) atoms. The van der Waals surface area contributed by atoms with E-state index in [0.717, 1.165) is 30.5 Å². The Morgan fingerprint density at radius 3 is 2.53 bits per heavy atom. The van der Waals surface area contributed by atoms with Gasteiger partial charge in [0.2, 0.25) is 0 Å². The number of aromatic nitrogens is 2. The van der Waals surface area contributed by atoms with E-state index >= 15 is 0 Å². The maximum Gasteiger partial charge on any atom is 0.335 e. The highest BCUT2D eigenvalue weighted by Gasteiger charge is 2.33. The van der Waals surface area contributed by atoms with Crippen molar-refractivity contribution >= 4 is 23.5 Å². The third kappa shape index (κ3) is 4.61. The molecule has 1 aliphatic rings. The van der Waals surface area contributed by atoms with Crippen molar-refractivity contribution in [2.24, 2.45) is 7.05 Å². The number of unbranched alkanes of at least 4 members (excludes halogenated alkanes) is 1. The molecule has 0 bridgehead atoms. The van der Waals surface area contributed by atoms with Gasteiger partial charge >= 0.3 is 5.97 Å². The molecule has 2 heterocycles. The molecule has 8 heteroatoms. The number of halogens is 1. The van der Waals surface area contributed by atoms with Crippen LogP contribution < -0.4 is 5.56 Å². The first kappa shape index (κ1) is 23.7. The minimum absolute atomic E-state index is 0.0518. The molecular formula is C26H26ClN3O4. The molecule has 1 atom stereocenters. The van der Waals surface area contributed by atoms with Crippen molar-refractivity contribution < 1.29 is 14.7 Å². The topological polar surface area (TPSA) is 92.5 Å². The number of fused-ring (bicyclic) bond motifs is 1. The zero-order chi connectivity index (χ0) is 24.4. The highest BCUT2D eigenvalue weighted by atomic mass is 35.5. The van der Waals surface area contributed by atoms with Crippen LogP contribution in [0.15, 0.2) is 53.3 Å². The number of rotatable bonds is 6. The summed E-state index contributed by atoms with van der Waals surface area (Å²) in [6.45, 7) is 2.65. The SMILES string of the molecule is CCCCC1CN(C(=O)c2cccc(C(=O)O)c2)Cc2c1nc(-c1ccc(Cl)cc1)n(C)c2=O. The van der Waals surface area contributed by atoms with Crippen LogP contribution in [0.5, 0.6) is 0 Å². The summed E-state index contributed by atoms with van der Waals surface area (Å²) in [4.78, 5) is 44.6. The molecule has 176 valence electrons. The van der Waals surface area contributed by atoms with Crippen molar-refractivity contribution in [1.29, 1.82) is 0 Å². The highest BCUT2D eigenvalue weighted by molar-refractivity contribution is 6.30. The lowest BCUT2D eigenvalue weighted by molar-refractivity contribution is 0.0697. The Morgan fingerprint density at radius 1 is 1.15 bits per heavy atom. The van der Waals surface area contributed by atoms with E-state index in [2.05, 4.69) is 6.92 Å². The molecule has 0 fully saturated rings. The molecule has 2 aromatic carbocycles. The number of aromatic carboxylic acids is 1. The Kier molecular flexibility index (Phi) is 6.84. The van der Waals surface area contributed by atoms with Crippen LogP contribution in [-0.2, 0) is 13.6 Å².